The highest BCUT2D eigenvalue weighted by molar-refractivity contribution is 7.99. The van der Waals surface area contributed by atoms with Gasteiger partial charge in [-0.1, -0.05) is 30.0 Å². The molecule has 0 bridgehead atoms. The lowest BCUT2D eigenvalue weighted by molar-refractivity contribution is -0.128. The molecule has 0 spiro atoms. The fourth-order valence-corrected chi connectivity index (χ4v) is 2.86. The number of para-hydroxylation sites is 1. The van der Waals surface area contributed by atoms with E-state index in [4.69, 9.17) is 5.21 Å². The minimum atomic E-state index is -0.474. The molecule has 108 valence electrons. The predicted molar refractivity (Wildman–Crippen MR) is 79.5 cm³/mol. The second-order valence-electron chi connectivity index (χ2n) is 4.40. The molecule has 0 atom stereocenters. The van der Waals surface area contributed by atoms with Crippen molar-refractivity contribution in [3.63, 3.8) is 0 Å². The van der Waals surface area contributed by atoms with Crippen molar-refractivity contribution in [1.82, 2.24) is 20.4 Å². The SMILES string of the molecule is O=C(CCSc1nc2c([nH]c3ccccc32)c(=O)[nH]1)NO. The topological polar surface area (TPSA) is 111 Å². The zero-order valence-corrected chi connectivity index (χ0v) is 11.7. The molecule has 0 saturated heterocycles. The van der Waals surface area contributed by atoms with E-state index in [-0.39, 0.29) is 12.0 Å². The number of hydroxylamine groups is 1. The van der Waals surface area contributed by atoms with Crippen LogP contribution in [0, 0.1) is 0 Å². The molecule has 0 unspecified atom stereocenters. The van der Waals surface area contributed by atoms with Crippen LogP contribution < -0.4 is 11.0 Å². The van der Waals surface area contributed by atoms with Gasteiger partial charge in [-0.25, -0.2) is 10.5 Å². The Kier molecular flexibility index (Phi) is 3.63. The van der Waals surface area contributed by atoms with Crippen molar-refractivity contribution < 1.29 is 10.0 Å². The molecular weight excluding hydrogens is 292 g/mol. The molecule has 2 heterocycles. The quantitative estimate of drug-likeness (QED) is 0.252. The number of hydrogen-bond donors (Lipinski definition) is 4. The lowest BCUT2D eigenvalue weighted by Crippen LogP contribution is -2.18. The average Bonchev–Trinajstić information content (AvgIpc) is 2.87. The molecule has 3 rings (SSSR count). The largest absolute Gasteiger partial charge is 0.349 e. The summed E-state index contributed by atoms with van der Waals surface area (Å²) in [6, 6.07) is 7.55. The number of carbonyl (C=O) groups is 1. The summed E-state index contributed by atoms with van der Waals surface area (Å²) in [6.45, 7) is 0. The first-order chi connectivity index (χ1) is 10.2. The Bertz CT molecular complexity index is 871. The van der Waals surface area contributed by atoms with Gasteiger partial charge in [-0.2, -0.15) is 0 Å². The van der Waals surface area contributed by atoms with Crippen molar-refractivity contribution in [2.45, 2.75) is 11.6 Å². The van der Waals surface area contributed by atoms with Crippen LogP contribution >= 0.6 is 11.8 Å². The van der Waals surface area contributed by atoms with Gasteiger partial charge in [0.15, 0.2) is 5.16 Å². The number of hydrogen-bond acceptors (Lipinski definition) is 5. The van der Waals surface area contributed by atoms with Crippen LogP contribution in [-0.2, 0) is 4.79 Å². The third kappa shape index (κ3) is 2.63. The van der Waals surface area contributed by atoms with Gasteiger partial charge in [0, 0.05) is 23.1 Å². The number of rotatable bonds is 4. The van der Waals surface area contributed by atoms with Gasteiger partial charge in [0.1, 0.15) is 11.0 Å². The molecule has 1 aromatic carbocycles. The van der Waals surface area contributed by atoms with Gasteiger partial charge in [-0.05, 0) is 6.07 Å². The number of aromatic amines is 2. The lowest BCUT2D eigenvalue weighted by atomic mass is 10.2. The second kappa shape index (κ2) is 5.58. The number of aromatic nitrogens is 3. The van der Waals surface area contributed by atoms with Gasteiger partial charge >= 0.3 is 0 Å². The highest BCUT2D eigenvalue weighted by Gasteiger charge is 2.11. The van der Waals surface area contributed by atoms with Gasteiger partial charge in [0.05, 0.1) is 0 Å². The Morgan fingerprint density at radius 3 is 2.95 bits per heavy atom. The number of nitrogens with zero attached hydrogens (tertiary/aromatic N) is 1. The fraction of sp³-hybridized carbons (Fsp3) is 0.154. The van der Waals surface area contributed by atoms with Crippen molar-refractivity contribution in [2.75, 3.05) is 5.75 Å². The zero-order valence-electron chi connectivity index (χ0n) is 10.8. The molecule has 1 amide bonds. The summed E-state index contributed by atoms with van der Waals surface area (Å²) < 4.78 is 0. The minimum absolute atomic E-state index is 0.136. The summed E-state index contributed by atoms with van der Waals surface area (Å²) in [5.41, 5.74) is 3.22. The van der Waals surface area contributed by atoms with E-state index in [2.05, 4.69) is 15.0 Å². The van der Waals surface area contributed by atoms with Crippen molar-refractivity contribution >= 4 is 39.6 Å². The van der Waals surface area contributed by atoms with Crippen molar-refractivity contribution in [1.29, 1.82) is 0 Å². The Hall–Kier alpha value is -2.32. The molecule has 8 heteroatoms. The van der Waals surface area contributed by atoms with Crippen molar-refractivity contribution in [3.05, 3.63) is 34.6 Å². The summed E-state index contributed by atoms with van der Waals surface area (Å²) >= 11 is 1.25. The second-order valence-corrected chi connectivity index (χ2v) is 5.48. The van der Waals surface area contributed by atoms with Crippen LogP contribution in [0.1, 0.15) is 6.42 Å². The van der Waals surface area contributed by atoms with E-state index in [1.807, 2.05) is 24.3 Å². The Labute approximate surface area is 122 Å². The number of carbonyl (C=O) groups excluding carboxylic acids is 1. The number of nitrogens with one attached hydrogen (secondary N) is 3. The molecule has 7 nitrogen and oxygen atoms in total. The molecule has 3 aromatic rings. The maximum Gasteiger partial charge on any atom is 0.275 e. The van der Waals surface area contributed by atoms with E-state index in [1.165, 1.54) is 11.8 Å². The van der Waals surface area contributed by atoms with Crippen LogP contribution in [-0.4, -0.2) is 31.8 Å². The third-order valence-electron chi connectivity index (χ3n) is 3.03. The maximum atomic E-state index is 12.1. The number of fused-ring (bicyclic) bond motifs is 3. The summed E-state index contributed by atoms with van der Waals surface area (Å²) in [5, 5.41) is 9.75. The van der Waals surface area contributed by atoms with E-state index in [0.717, 1.165) is 10.9 Å². The molecule has 0 aliphatic heterocycles. The van der Waals surface area contributed by atoms with E-state index in [1.54, 1.807) is 5.48 Å². The van der Waals surface area contributed by atoms with Crippen LogP contribution in [0.5, 0.6) is 0 Å². The van der Waals surface area contributed by atoms with Crippen molar-refractivity contribution in [3.8, 4) is 0 Å². The first kappa shape index (κ1) is 13.7. The molecular formula is C13H12N4O3S. The van der Waals surface area contributed by atoms with E-state index < -0.39 is 5.91 Å². The van der Waals surface area contributed by atoms with Gasteiger partial charge < -0.3 is 4.98 Å². The summed E-state index contributed by atoms with van der Waals surface area (Å²) in [7, 11) is 0. The van der Waals surface area contributed by atoms with E-state index in [9.17, 15) is 9.59 Å². The predicted octanol–water partition coefficient (Wildman–Crippen LogP) is 1.39. The summed E-state index contributed by atoms with van der Waals surface area (Å²) in [4.78, 5) is 33.2. The molecule has 0 aliphatic rings. The standard InChI is InChI=1S/C13H12N4O3S/c18-9(17-20)5-6-21-13-15-10-7-3-1-2-4-8(7)14-11(10)12(19)16-13/h1-4,14,20H,5-6H2,(H,17,18)(H,15,16,19). The van der Waals surface area contributed by atoms with Crippen LogP contribution in [0.15, 0.2) is 34.2 Å². The summed E-state index contributed by atoms with van der Waals surface area (Å²) in [6.07, 6.45) is 0.136. The Balaban J connectivity index is 1.96. The van der Waals surface area contributed by atoms with E-state index >= 15 is 0 Å². The third-order valence-corrected chi connectivity index (χ3v) is 3.91. The zero-order chi connectivity index (χ0) is 14.8. The highest BCUT2D eigenvalue weighted by Crippen LogP contribution is 2.23. The lowest BCUT2D eigenvalue weighted by Gasteiger charge is -2.00. The first-order valence-electron chi connectivity index (χ1n) is 6.25. The maximum absolute atomic E-state index is 12.1. The smallest absolute Gasteiger partial charge is 0.275 e. The Morgan fingerprint density at radius 1 is 1.33 bits per heavy atom. The number of H-pyrrole nitrogens is 2. The fourth-order valence-electron chi connectivity index (χ4n) is 2.06. The molecule has 21 heavy (non-hydrogen) atoms. The number of thioether (sulfide) groups is 1. The van der Waals surface area contributed by atoms with Gasteiger partial charge in [-0.15, -0.1) is 0 Å². The molecule has 0 fully saturated rings. The van der Waals surface area contributed by atoms with E-state index in [0.29, 0.717) is 21.9 Å². The minimum Gasteiger partial charge on any atom is -0.349 e. The van der Waals surface area contributed by atoms with Crippen LogP contribution in [0.4, 0.5) is 0 Å². The highest BCUT2D eigenvalue weighted by atomic mass is 32.2. The average molecular weight is 304 g/mol. The van der Waals surface area contributed by atoms with Gasteiger partial charge in [0.25, 0.3) is 5.56 Å². The van der Waals surface area contributed by atoms with Gasteiger partial charge in [-0.3, -0.25) is 19.8 Å². The monoisotopic (exact) mass is 304 g/mol. The molecule has 4 N–H and O–H groups in total. The number of amides is 1. The van der Waals surface area contributed by atoms with Crippen molar-refractivity contribution in [2.24, 2.45) is 0 Å². The number of benzene rings is 1. The summed E-state index contributed by atoms with van der Waals surface area (Å²) in [5.74, 6) is -0.0681. The normalized spacial score (nSPS) is 11.1. The molecule has 0 radical (unpaired) electrons. The molecule has 0 aliphatic carbocycles. The molecule has 0 saturated carbocycles. The first-order valence-corrected chi connectivity index (χ1v) is 7.24. The van der Waals surface area contributed by atoms with Crippen LogP contribution in [0.2, 0.25) is 0 Å². The Morgan fingerprint density at radius 2 is 2.14 bits per heavy atom. The molecule has 2 aromatic heterocycles. The van der Waals surface area contributed by atoms with Gasteiger partial charge in [0.2, 0.25) is 5.91 Å². The van der Waals surface area contributed by atoms with Crippen LogP contribution in [0.3, 0.4) is 0 Å². The van der Waals surface area contributed by atoms with Crippen LogP contribution in [0.25, 0.3) is 21.9 Å².